The van der Waals surface area contributed by atoms with Gasteiger partial charge < -0.3 is 31.6 Å². The lowest BCUT2D eigenvalue weighted by molar-refractivity contribution is -0.150. The number of halogens is 2. The number of hydrogen-bond acceptors (Lipinski definition) is 14. The maximum Gasteiger partial charge on any atom is 0.353 e. The van der Waals surface area contributed by atoms with Crippen molar-refractivity contribution in [2.75, 3.05) is 30.5 Å². The van der Waals surface area contributed by atoms with Gasteiger partial charge in [-0.25, -0.2) is 14.2 Å². The summed E-state index contributed by atoms with van der Waals surface area (Å²) in [6, 6.07) is 0.594. The molecule has 3 amide bonds. The number of alkyl halides is 1. The van der Waals surface area contributed by atoms with E-state index in [2.05, 4.69) is 31.1 Å². The number of carbonyl (C=O) groups excluding carboxylic acids is 3. The van der Waals surface area contributed by atoms with Crippen molar-refractivity contribution in [2.24, 2.45) is 5.16 Å². The molecule has 44 heavy (non-hydrogen) atoms. The number of oxime groups is 1. The third-order valence-corrected chi connectivity index (χ3v) is 10.7. The number of amides is 3. The number of hydrogen-bond donors (Lipinski definition) is 6. The lowest BCUT2D eigenvalue weighted by Crippen LogP contribution is -2.71. The van der Waals surface area contributed by atoms with Crippen LogP contribution in [0.1, 0.15) is 5.69 Å². The Morgan fingerprint density at radius 3 is 2.86 bits per heavy atom. The molecule has 2 aliphatic heterocycles. The number of aliphatic carboxylic acids is 1. The molecule has 0 spiro atoms. The molecule has 1 saturated heterocycles. The topological polar surface area (TPSA) is 225 Å². The summed E-state index contributed by atoms with van der Waals surface area (Å²) in [6.45, 7) is -1.31. The zero-order valence-electron chi connectivity index (χ0n) is 22.2. The lowest BCUT2D eigenvalue weighted by Gasteiger charge is -2.49. The van der Waals surface area contributed by atoms with E-state index in [9.17, 15) is 28.7 Å². The highest BCUT2D eigenvalue weighted by Crippen LogP contribution is 2.46. The van der Waals surface area contributed by atoms with Crippen molar-refractivity contribution in [1.29, 1.82) is 5.41 Å². The molecule has 0 aromatic carbocycles. The first-order valence-electron chi connectivity index (χ1n) is 12.3. The molecular weight excluding hydrogens is 681 g/mol. The number of fused-ring (bicyclic) bond motifs is 1. The second-order valence-electron chi connectivity index (χ2n) is 8.46. The van der Waals surface area contributed by atoms with Gasteiger partial charge in [0.25, 0.3) is 11.8 Å². The molecule has 4 heterocycles. The molecule has 4 rings (SSSR count). The number of nitrogens with one attached hydrogen (secondary N) is 4. The molecule has 2 aromatic heterocycles. The summed E-state index contributed by atoms with van der Waals surface area (Å²) in [5.41, 5.74) is 4.93. The summed E-state index contributed by atoms with van der Waals surface area (Å²) in [4.78, 5) is 65.4. The number of carboxylic acids is 1. The standard InChI is InChI=1S/C23H23ClFN9O6S4/c24-18-14(32-23(27)44-18)15(33-40-4-2-25)19(36)31-16-20(37)34-17(22(38)39)12(6-42-21(16)34)43-10-1-3-28-5-11(10)41-7-13(29-8-26)30-9-35/h1,3,5,8-9,13,16,21H,2,4,6-7H2,(H2,26,29)(H2,27,32)(H,30,35)(H,31,36)(H,38,39)/b33-15-/t13?,16-,21+/m1/s1. The molecule has 234 valence electrons. The minimum atomic E-state index is -1.32. The summed E-state index contributed by atoms with van der Waals surface area (Å²) in [6.07, 6.45) is 4.08. The highest BCUT2D eigenvalue weighted by atomic mass is 35.5. The Labute approximate surface area is 270 Å². The minimum absolute atomic E-state index is 0.0294. The van der Waals surface area contributed by atoms with Gasteiger partial charge in [0.2, 0.25) is 6.41 Å². The number of nitrogens with two attached hydrogens (primary N) is 1. The molecule has 1 unspecified atom stereocenters. The SMILES string of the molecule is N=CNC(CSc1cnccc1SC1=C(C(=O)O)N2C(=O)[C@@H](NC(=O)/C(=N\OCCF)c3nc(N)sc3Cl)[C@@H]2SC1)NC=O. The number of thiazole rings is 1. The van der Waals surface area contributed by atoms with Crippen LogP contribution in [0.15, 0.2) is 44.0 Å². The third-order valence-electron chi connectivity index (χ3n) is 5.73. The van der Waals surface area contributed by atoms with Gasteiger partial charge >= 0.3 is 5.97 Å². The summed E-state index contributed by atoms with van der Waals surface area (Å²) in [5.74, 6) is -2.34. The number of nitrogen functional groups attached to an aromatic ring is 1. The van der Waals surface area contributed by atoms with Crippen molar-refractivity contribution in [3.8, 4) is 0 Å². The molecular formula is C23H23ClFN9O6S4. The van der Waals surface area contributed by atoms with Crippen molar-refractivity contribution in [2.45, 2.75) is 27.4 Å². The monoisotopic (exact) mass is 703 g/mol. The van der Waals surface area contributed by atoms with Crippen LogP contribution in [-0.4, -0.2) is 98.6 Å². The van der Waals surface area contributed by atoms with Gasteiger partial charge in [0.1, 0.15) is 46.6 Å². The van der Waals surface area contributed by atoms with Gasteiger partial charge in [-0.15, -0.1) is 23.5 Å². The Morgan fingerprint density at radius 1 is 1.41 bits per heavy atom. The van der Waals surface area contributed by atoms with Crippen LogP contribution in [0.4, 0.5) is 9.52 Å². The maximum atomic E-state index is 13.2. The van der Waals surface area contributed by atoms with E-state index in [0.29, 0.717) is 26.9 Å². The van der Waals surface area contributed by atoms with E-state index < -0.39 is 54.4 Å². The highest BCUT2D eigenvalue weighted by Gasteiger charge is 2.54. The van der Waals surface area contributed by atoms with E-state index in [1.807, 2.05) is 0 Å². The predicted octanol–water partition coefficient (Wildman–Crippen LogP) is 1.31. The summed E-state index contributed by atoms with van der Waals surface area (Å²) >= 11 is 10.7. The predicted molar refractivity (Wildman–Crippen MR) is 165 cm³/mol. The van der Waals surface area contributed by atoms with Gasteiger partial charge in [-0.1, -0.05) is 39.9 Å². The number of carboxylic acid groups (broad SMARTS) is 1. The van der Waals surface area contributed by atoms with Crippen molar-refractivity contribution >= 4 is 99.6 Å². The van der Waals surface area contributed by atoms with E-state index in [0.717, 1.165) is 34.3 Å². The van der Waals surface area contributed by atoms with Crippen LogP contribution in [-0.2, 0) is 24.0 Å². The Kier molecular flexibility index (Phi) is 11.7. The Bertz CT molecular complexity index is 1500. The molecule has 7 N–H and O–H groups in total. The fraction of sp³-hybridized carbons (Fsp3) is 0.304. The normalized spacial score (nSPS) is 18.5. The molecule has 1 fully saturated rings. The largest absolute Gasteiger partial charge is 0.477 e. The van der Waals surface area contributed by atoms with Gasteiger partial charge in [-0.2, -0.15) is 0 Å². The maximum absolute atomic E-state index is 13.2. The number of anilines is 1. The van der Waals surface area contributed by atoms with Crippen LogP contribution >= 0.6 is 58.2 Å². The average Bonchev–Trinajstić information content (AvgIpc) is 3.34. The lowest BCUT2D eigenvalue weighted by atomic mass is 10.0. The fourth-order valence-corrected chi connectivity index (χ4v) is 8.45. The van der Waals surface area contributed by atoms with E-state index in [-0.39, 0.29) is 26.6 Å². The number of nitrogens with zero attached hydrogens (tertiary/aromatic N) is 4. The number of rotatable bonds is 16. The van der Waals surface area contributed by atoms with Crippen molar-refractivity contribution in [3.05, 3.63) is 39.1 Å². The number of pyridine rings is 1. The summed E-state index contributed by atoms with van der Waals surface area (Å²) in [5, 5.41) is 28.0. The first-order chi connectivity index (χ1) is 21.2. The Balaban J connectivity index is 1.52. The summed E-state index contributed by atoms with van der Waals surface area (Å²) < 4.78 is 12.6. The van der Waals surface area contributed by atoms with E-state index in [1.54, 1.807) is 18.5 Å². The van der Waals surface area contributed by atoms with Crippen LogP contribution in [0, 0.1) is 5.41 Å². The molecule has 3 atom stereocenters. The molecule has 0 aliphatic carbocycles. The number of aromatic nitrogens is 2. The van der Waals surface area contributed by atoms with Gasteiger partial charge in [-0.3, -0.25) is 29.7 Å². The van der Waals surface area contributed by atoms with Crippen LogP contribution < -0.4 is 21.7 Å². The molecule has 2 aromatic rings. The van der Waals surface area contributed by atoms with Crippen molar-refractivity contribution in [1.82, 2.24) is 30.8 Å². The molecule has 0 radical (unpaired) electrons. The van der Waals surface area contributed by atoms with Gasteiger partial charge in [0.05, 0.1) is 6.34 Å². The van der Waals surface area contributed by atoms with Crippen molar-refractivity contribution < 1.29 is 33.5 Å². The number of β-lactam (4-membered cyclic amide) rings is 1. The Morgan fingerprint density at radius 2 is 2.20 bits per heavy atom. The van der Waals surface area contributed by atoms with Crippen LogP contribution in [0.25, 0.3) is 0 Å². The van der Waals surface area contributed by atoms with Gasteiger partial charge in [-0.05, 0) is 6.07 Å². The molecule has 0 bridgehead atoms. The molecule has 15 nitrogen and oxygen atoms in total. The van der Waals surface area contributed by atoms with Crippen molar-refractivity contribution in [3.63, 3.8) is 0 Å². The number of carbonyl (C=O) groups is 4. The van der Waals surface area contributed by atoms with E-state index in [4.69, 9.17) is 27.6 Å². The molecule has 21 heteroatoms. The van der Waals surface area contributed by atoms with Crippen LogP contribution in [0.5, 0.6) is 0 Å². The zero-order valence-corrected chi connectivity index (χ0v) is 26.2. The second-order valence-corrected chi connectivity index (χ2v) is 13.4. The smallest absolute Gasteiger partial charge is 0.353 e. The van der Waals surface area contributed by atoms with E-state index in [1.165, 1.54) is 23.5 Å². The third kappa shape index (κ3) is 7.54. The minimum Gasteiger partial charge on any atom is -0.477 e. The van der Waals surface area contributed by atoms with Gasteiger partial charge in [0.15, 0.2) is 10.8 Å². The van der Waals surface area contributed by atoms with Gasteiger partial charge in [0, 0.05) is 38.6 Å². The molecule has 2 aliphatic rings. The van der Waals surface area contributed by atoms with Crippen LogP contribution in [0.3, 0.4) is 0 Å². The first-order valence-corrected chi connectivity index (χ1v) is 16.3. The highest BCUT2D eigenvalue weighted by molar-refractivity contribution is 8.07. The fourth-order valence-electron chi connectivity index (χ4n) is 3.87. The van der Waals surface area contributed by atoms with Crippen LogP contribution in [0.2, 0.25) is 4.34 Å². The Hall–Kier alpha value is -3.59. The second kappa shape index (κ2) is 15.4. The van der Waals surface area contributed by atoms with E-state index >= 15 is 0 Å². The number of thioether (sulfide) groups is 3. The molecule has 0 saturated carbocycles. The summed E-state index contributed by atoms with van der Waals surface area (Å²) in [7, 11) is 0. The zero-order chi connectivity index (χ0) is 31.8. The average molecular weight is 704 g/mol. The quantitative estimate of drug-likeness (QED) is 0.0212. The first kappa shape index (κ1) is 33.3.